The number of carbonyl (C=O) groups is 2. The number of nitrogens with two attached hydrogens (primary N) is 1. The molecule has 0 spiro atoms. The highest BCUT2D eigenvalue weighted by molar-refractivity contribution is 6.01. The molecule has 2 amide bonds. The maximum Gasteiger partial charge on any atom is 0.248 e. The molecule has 1 aromatic heterocycles. The van der Waals surface area contributed by atoms with Gasteiger partial charge in [0.1, 0.15) is 5.82 Å². The van der Waals surface area contributed by atoms with Crippen LogP contribution in [0.25, 0.3) is 11.1 Å². The van der Waals surface area contributed by atoms with Crippen LogP contribution in [-0.4, -0.2) is 23.6 Å². The quantitative estimate of drug-likeness (QED) is 0.622. The average Bonchev–Trinajstić information content (AvgIpc) is 3.48. The van der Waals surface area contributed by atoms with Gasteiger partial charge in [0.15, 0.2) is 11.5 Å². The largest absolute Gasteiger partial charge is 0.454 e. The Bertz CT molecular complexity index is 1260. The van der Waals surface area contributed by atoms with E-state index in [0.717, 1.165) is 40.7 Å². The van der Waals surface area contributed by atoms with Gasteiger partial charge >= 0.3 is 0 Å². The van der Waals surface area contributed by atoms with E-state index < -0.39 is 11.3 Å². The molecule has 2 aliphatic rings. The molecule has 1 aliphatic carbocycles. The van der Waals surface area contributed by atoms with Crippen molar-refractivity contribution in [2.45, 2.75) is 32.1 Å². The van der Waals surface area contributed by atoms with Gasteiger partial charge in [-0.15, -0.1) is 0 Å². The van der Waals surface area contributed by atoms with E-state index in [2.05, 4.69) is 10.3 Å². The smallest absolute Gasteiger partial charge is 0.248 e. The molecule has 1 fully saturated rings. The minimum absolute atomic E-state index is 0. The Morgan fingerprint density at radius 3 is 2.44 bits per heavy atom. The van der Waals surface area contributed by atoms with E-state index in [1.807, 2.05) is 44.2 Å². The maximum absolute atomic E-state index is 13.3. The number of fused-ring (bicyclic) bond motifs is 1. The first-order chi connectivity index (χ1) is 15.4. The first-order valence-electron chi connectivity index (χ1n) is 10.5. The molecule has 0 atom stereocenters. The van der Waals surface area contributed by atoms with Crippen LogP contribution in [0.4, 0.5) is 5.82 Å². The number of pyridine rings is 1. The van der Waals surface area contributed by atoms with Crippen molar-refractivity contribution in [3.05, 3.63) is 70.9 Å². The van der Waals surface area contributed by atoms with Gasteiger partial charge in [0, 0.05) is 20.2 Å². The predicted molar refractivity (Wildman–Crippen MR) is 124 cm³/mol. The number of carbonyl (C=O) groups excluding carboxylic acids is 2. The van der Waals surface area contributed by atoms with Crippen LogP contribution >= 0.6 is 0 Å². The van der Waals surface area contributed by atoms with E-state index in [-0.39, 0.29) is 15.6 Å². The monoisotopic (exact) mass is 433 g/mol. The summed E-state index contributed by atoms with van der Waals surface area (Å²) in [4.78, 5) is 29.1. The van der Waals surface area contributed by atoms with Crippen LogP contribution in [0.15, 0.2) is 48.7 Å². The normalized spacial score (nSPS) is 15.3. The zero-order valence-electron chi connectivity index (χ0n) is 17.9. The Morgan fingerprint density at radius 2 is 1.75 bits per heavy atom. The van der Waals surface area contributed by atoms with Gasteiger partial charge in [-0.25, -0.2) is 4.98 Å². The molecule has 5 rings (SSSR count). The number of nitrogens with zero attached hydrogens (tertiary/aromatic N) is 1. The van der Waals surface area contributed by atoms with Crippen LogP contribution in [-0.2, 0) is 10.2 Å². The van der Waals surface area contributed by atoms with Gasteiger partial charge in [-0.2, -0.15) is 0 Å². The Balaban J connectivity index is 0.00000162. The third kappa shape index (κ3) is 3.26. The minimum atomic E-state index is -0.563. The second-order valence-corrected chi connectivity index (χ2v) is 8.32. The van der Waals surface area contributed by atoms with Crippen molar-refractivity contribution >= 4 is 17.6 Å². The second-order valence-electron chi connectivity index (χ2n) is 8.32. The lowest BCUT2D eigenvalue weighted by Gasteiger charge is -2.18. The van der Waals surface area contributed by atoms with E-state index >= 15 is 0 Å². The van der Waals surface area contributed by atoms with E-state index in [1.165, 1.54) is 0 Å². The number of primary amides is 1. The summed E-state index contributed by atoms with van der Waals surface area (Å²) in [5, 5.41) is 3.04. The number of benzene rings is 2. The van der Waals surface area contributed by atoms with Gasteiger partial charge in [0.25, 0.3) is 0 Å². The van der Waals surface area contributed by atoms with Crippen LogP contribution in [0.2, 0.25) is 0 Å². The zero-order valence-corrected chi connectivity index (χ0v) is 17.9. The number of hydrogen-bond acceptors (Lipinski definition) is 5. The average molecular weight is 434 g/mol. The topological polar surface area (TPSA) is 104 Å². The fraction of sp³-hybridized carbons (Fsp3) is 0.240. The molecule has 1 aliphatic heterocycles. The number of ether oxygens (including phenoxy) is 2. The summed E-state index contributed by atoms with van der Waals surface area (Å²) in [5.74, 6) is 1.41. The van der Waals surface area contributed by atoms with Crippen molar-refractivity contribution in [1.82, 2.24) is 4.98 Å². The van der Waals surface area contributed by atoms with Crippen molar-refractivity contribution < 1.29 is 21.9 Å². The molecule has 2 aromatic carbocycles. The lowest BCUT2D eigenvalue weighted by atomic mass is 9.94. The van der Waals surface area contributed by atoms with E-state index in [9.17, 15) is 9.59 Å². The summed E-state index contributed by atoms with van der Waals surface area (Å²) >= 11 is 0. The molecule has 3 aromatic rings. The lowest BCUT2D eigenvalue weighted by Crippen LogP contribution is -2.28. The van der Waals surface area contributed by atoms with Gasteiger partial charge in [0.2, 0.25) is 18.6 Å². The first-order valence-corrected chi connectivity index (χ1v) is 10.5. The van der Waals surface area contributed by atoms with Crippen LogP contribution < -0.4 is 20.5 Å². The zero-order chi connectivity index (χ0) is 22.5. The van der Waals surface area contributed by atoms with E-state index in [1.54, 1.807) is 18.3 Å². The molecule has 32 heavy (non-hydrogen) atoms. The molecular formula is C25H27N3O4. The molecule has 0 radical (unpaired) electrons. The van der Waals surface area contributed by atoms with Crippen LogP contribution in [0.3, 0.4) is 0 Å². The van der Waals surface area contributed by atoms with Gasteiger partial charge in [0.05, 0.1) is 5.41 Å². The standard InChI is InChI=1S/C25H23N3O4.2H2/c1-14-15(2)23(27-12-19(14)16-3-5-17(6-4-16)22(26)29)28-24(30)25(9-10-25)18-7-8-20-21(11-18)32-13-31-20;;/h3-8,11-12H,9-10,13H2,1-2H3,(H2,26,29)(H,27,28,30);2*1H. The van der Waals surface area contributed by atoms with Gasteiger partial charge in [-0.1, -0.05) is 18.2 Å². The summed E-state index contributed by atoms with van der Waals surface area (Å²) < 4.78 is 10.9. The first kappa shape index (κ1) is 20.1. The summed E-state index contributed by atoms with van der Waals surface area (Å²) in [6.45, 7) is 4.14. The van der Waals surface area contributed by atoms with E-state index in [4.69, 9.17) is 15.2 Å². The SMILES string of the molecule is Cc1c(-c2ccc(C(N)=O)cc2)cnc(NC(=O)C2(c3ccc4c(c3)OCO4)CC2)c1C.[HH].[HH]. The summed E-state index contributed by atoms with van der Waals surface area (Å²) in [6, 6.07) is 12.8. The van der Waals surface area contributed by atoms with E-state index in [0.29, 0.717) is 22.9 Å². The number of amides is 2. The predicted octanol–water partition coefficient (Wildman–Crippen LogP) is 4.36. The number of hydrogen-bond donors (Lipinski definition) is 2. The Labute approximate surface area is 188 Å². The third-order valence-corrected chi connectivity index (χ3v) is 6.47. The molecule has 7 heteroatoms. The highest BCUT2D eigenvalue weighted by atomic mass is 16.7. The second kappa shape index (κ2) is 7.37. The highest BCUT2D eigenvalue weighted by Crippen LogP contribution is 2.51. The summed E-state index contributed by atoms with van der Waals surface area (Å²) in [7, 11) is 0. The molecule has 0 unspecified atom stereocenters. The molecule has 2 heterocycles. The number of anilines is 1. The minimum Gasteiger partial charge on any atom is -0.454 e. The van der Waals surface area contributed by atoms with Crippen molar-refractivity contribution in [3.8, 4) is 22.6 Å². The molecule has 0 bridgehead atoms. The van der Waals surface area contributed by atoms with Gasteiger partial charge in [-0.3, -0.25) is 9.59 Å². The van der Waals surface area contributed by atoms with Crippen molar-refractivity contribution in [2.24, 2.45) is 5.73 Å². The highest BCUT2D eigenvalue weighted by Gasteiger charge is 2.52. The van der Waals surface area contributed by atoms with Gasteiger partial charge in [-0.05, 0) is 73.2 Å². The van der Waals surface area contributed by atoms with Crippen LogP contribution in [0.1, 0.15) is 42.7 Å². The molecule has 1 saturated carbocycles. The number of nitrogens with one attached hydrogen (secondary N) is 1. The van der Waals surface area contributed by atoms with Crippen molar-refractivity contribution in [3.63, 3.8) is 0 Å². The van der Waals surface area contributed by atoms with Crippen LogP contribution in [0, 0.1) is 13.8 Å². The van der Waals surface area contributed by atoms with Crippen LogP contribution in [0.5, 0.6) is 11.5 Å². The Hall–Kier alpha value is -3.87. The molecule has 3 N–H and O–H groups in total. The third-order valence-electron chi connectivity index (χ3n) is 6.47. The summed E-state index contributed by atoms with van der Waals surface area (Å²) in [6.07, 6.45) is 3.30. The molecule has 166 valence electrons. The van der Waals surface area contributed by atoms with Crippen molar-refractivity contribution in [1.29, 1.82) is 0 Å². The van der Waals surface area contributed by atoms with Crippen molar-refractivity contribution in [2.75, 3.05) is 12.1 Å². The Kier molecular flexibility index (Phi) is 4.62. The molecule has 0 saturated heterocycles. The fourth-order valence-corrected chi connectivity index (χ4v) is 4.13. The van der Waals surface area contributed by atoms with Gasteiger partial charge < -0.3 is 20.5 Å². The lowest BCUT2D eigenvalue weighted by molar-refractivity contribution is -0.118. The number of aromatic nitrogens is 1. The fourth-order valence-electron chi connectivity index (χ4n) is 4.13. The summed E-state index contributed by atoms with van der Waals surface area (Å²) in [5.41, 5.74) is 9.93. The Morgan fingerprint density at radius 1 is 1.03 bits per heavy atom. The maximum atomic E-state index is 13.3. The molecular weight excluding hydrogens is 406 g/mol. The molecule has 7 nitrogen and oxygen atoms in total. The number of rotatable bonds is 5.